The fourth-order valence-corrected chi connectivity index (χ4v) is 1.90. The lowest BCUT2D eigenvalue weighted by Gasteiger charge is -2.12. The summed E-state index contributed by atoms with van der Waals surface area (Å²) in [7, 11) is 1.15. The number of hydrogen-bond donors (Lipinski definition) is 0. The Balaban J connectivity index is 3.36. The molecule has 1 aromatic carbocycles. The summed E-state index contributed by atoms with van der Waals surface area (Å²) in [5.74, 6) is -0.951. The van der Waals surface area contributed by atoms with Gasteiger partial charge in [-0.1, -0.05) is 15.9 Å². The van der Waals surface area contributed by atoms with E-state index in [9.17, 15) is 13.6 Å². The maximum Gasteiger partial charge on any atom is 0.387 e. The molecular formula is C11H8BrF2NO3. The van der Waals surface area contributed by atoms with Crippen LogP contribution in [0.3, 0.4) is 0 Å². The second-order valence-electron chi connectivity index (χ2n) is 3.12. The Labute approximate surface area is 110 Å². The van der Waals surface area contributed by atoms with Crippen LogP contribution in [0, 0.1) is 11.3 Å². The normalized spacial score (nSPS) is 10.0. The zero-order valence-electron chi connectivity index (χ0n) is 9.25. The summed E-state index contributed by atoms with van der Waals surface area (Å²) in [6.45, 7) is -3.04. The monoisotopic (exact) mass is 319 g/mol. The summed E-state index contributed by atoms with van der Waals surface area (Å²) in [5, 5.41) is 9.07. The van der Waals surface area contributed by atoms with Crippen molar-refractivity contribution in [2.45, 2.75) is 11.9 Å². The van der Waals surface area contributed by atoms with Gasteiger partial charge in [-0.3, -0.25) is 0 Å². The Kier molecular flexibility index (Phi) is 5.04. The average molecular weight is 320 g/mol. The molecule has 0 amide bonds. The highest BCUT2D eigenvalue weighted by atomic mass is 79.9. The largest absolute Gasteiger partial charge is 0.465 e. The van der Waals surface area contributed by atoms with Crippen molar-refractivity contribution in [3.63, 3.8) is 0 Å². The summed E-state index contributed by atoms with van der Waals surface area (Å²) in [6, 6.07) is 4.20. The highest BCUT2D eigenvalue weighted by Gasteiger charge is 2.18. The minimum absolute atomic E-state index is 0.0191. The predicted octanol–water partition coefficient (Wildman–Crippen LogP) is 2.84. The second kappa shape index (κ2) is 6.31. The lowest BCUT2D eigenvalue weighted by molar-refractivity contribution is -0.0504. The van der Waals surface area contributed by atoms with Gasteiger partial charge in [-0.2, -0.15) is 14.0 Å². The zero-order valence-corrected chi connectivity index (χ0v) is 10.8. The number of nitriles is 1. The first kappa shape index (κ1) is 14.4. The van der Waals surface area contributed by atoms with Crippen molar-refractivity contribution in [3.05, 3.63) is 28.8 Å². The Hall–Kier alpha value is -1.68. The number of ether oxygens (including phenoxy) is 2. The van der Waals surface area contributed by atoms with Crippen molar-refractivity contribution < 1.29 is 23.0 Å². The topological polar surface area (TPSA) is 59.3 Å². The van der Waals surface area contributed by atoms with Crippen LogP contribution in [-0.4, -0.2) is 19.7 Å². The summed E-state index contributed by atoms with van der Waals surface area (Å²) in [5.41, 5.74) is 0.310. The summed E-state index contributed by atoms with van der Waals surface area (Å²) in [6.07, 6.45) is 0. The number of carbonyl (C=O) groups excluding carboxylic acids is 1. The number of nitrogens with zero attached hydrogens (tertiary/aromatic N) is 1. The van der Waals surface area contributed by atoms with Crippen LogP contribution in [0.4, 0.5) is 8.78 Å². The number of halogens is 3. The van der Waals surface area contributed by atoms with E-state index in [2.05, 4.69) is 25.4 Å². The lowest BCUT2D eigenvalue weighted by Crippen LogP contribution is -2.08. The molecule has 0 saturated carbocycles. The number of esters is 1. The molecule has 0 aromatic heterocycles. The van der Waals surface area contributed by atoms with Crippen LogP contribution in [0.25, 0.3) is 0 Å². The Bertz CT molecular complexity index is 500. The van der Waals surface area contributed by atoms with Crippen molar-refractivity contribution in [2.24, 2.45) is 0 Å². The van der Waals surface area contributed by atoms with Gasteiger partial charge in [0.1, 0.15) is 5.75 Å². The summed E-state index contributed by atoms with van der Waals surface area (Å²) < 4.78 is 33.3. The number of carbonyl (C=O) groups is 1. The molecule has 18 heavy (non-hydrogen) atoms. The average Bonchev–Trinajstić information content (AvgIpc) is 2.35. The Morgan fingerprint density at radius 2 is 2.22 bits per heavy atom. The molecule has 0 heterocycles. The summed E-state index contributed by atoms with van der Waals surface area (Å²) in [4.78, 5) is 11.3. The molecule has 1 rings (SSSR count). The van der Waals surface area contributed by atoms with E-state index in [-0.39, 0.29) is 27.8 Å². The lowest BCUT2D eigenvalue weighted by atomic mass is 10.0. The number of alkyl halides is 3. The van der Waals surface area contributed by atoms with Crippen molar-refractivity contribution in [1.82, 2.24) is 0 Å². The van der Waals surface area contributed by atoms with E-state index in [0.29, 0.717) is 0 Å². The molecular weight excluding hydrogens is 312 g/mol. The van der Waals surface area contributed by atoms with Crippen LogP contribution >= 0.6 is 15.9 Å². The van der Waals surface area contributed by atoms with Gasteiger partial charge in [0.2, 0.25) is 0 Å². The van der Waals surface area contributed by atoms with Gasteiger partial charge < -0.3 is 9.47 Å². The number of methoxy groups -OCH3 is 1. The molecule has 0 unspecified atom stereocenters. The molecule has 0 N–H and O–H groups in total. The third-order valence-corrected chi connectivity index (χ3v) is 2.66. The molecule has 0 fully saturated rings. The SMILES string of the molecule is COC(=O)c1cc(C#N)c(CBr)c(OC(F)F)c1. The van der Waals surface area contributed by atoms with Crippen LogP contribution in [0.5, 0.6) is 5.75 Å². The van der Waals surface area contributed by atoms with Crippen LogP contribution < -0.4 is 4.74 Å². The quantitative estimate of drug-likeness (QED) is 0.632. The molecule has 0 aliphatic heterocycles. The molecule has 96 valence electrons. The molecule has 0 radical (unpaired) electrons. The molecule has 1 aromatic rings. The third kappa shape index (κ3) is 3.17. The standard InChI is InChI=1S/C11H8BrF2NO3/c1-17-10(16)6-2-7(5-15)8(4-12)9(3-6)18-11(13)14/h2-3,11H,4H2,1H3. The third-order valence-electron chi connectivity index (χ3n) is 2.10. The highest BCUT2D eigenvalue weighted by molar-refractivity contribution is 9.08. The molecule has 7 heteroatoms. The molecule has 0 atom stereocenters. The second-order valence-corrected chi connectivity index (χ2v) is 3.68. The van der Waals surface area contributed by atoms with E-state index in [1.165, 1.54) is 6.07 Å². The molecule has 0 saturated heterocycles. The fraction of sp³-hybridized carbons (Fsp3) is 0.273. The maximum absolute atomic E-state index is 12.3. The van der Waals surface area contributed by atoms with Crippen LogP contribution in [-0.2, 0) is 10.1 Å². The minimum atomic E-state index is -3.04. The first-order chi connectivity index (χ1) is 8.53. The molecule has 4 nitrogen and oxygen atoms in total. The maximum atomic E-state index is 12.3. The van der Waals surface area contributed by atoms with E-state index in [0.717, 1.165) is 13.2 Å². The number of hydrogen-bond acceptors (Lipinski definition) is 4. The molecule has 0 spiro atoms. The molecule has 0 bridgehead atoms. The van der Waals surface area contributed by atoms with Gasteiger partial charge in [-0.15, -0.1) is 0 Å². The van der Waals surface area contributed by atoms with Crippen LogP contribution in [0.1, 0.15) is 21.5 Å². The predicted molar refractivity (Wildman–Crippen MR) is 61.8 cm³/mol. The first-order valence-electron chi connectivity index (χ1n) is 4.69. The van der Waals surface area contributed by atoms with Crippen LogP contribution in [0.15, 0.2) is 12.1 Å². The van der Waals surface area contributed by atoms with Crippen molar-refractivity contribution in [1.29, 1.82) is 5.26 Å². The van der Waals surface area contributed by atoms with E-state index >= 15 is 0 Å². The zero-order chi connectivity index (χ0) is 13.7. The first-order valence-corrected chi connectivity index (χ1v) is 5.81. The van der Waals surface area contributed by atoms with Gasteiger partial charge in [-0.05, 0) is 12.1 Å². The van der Waals surface area contributed by atoms with Gasteiger partial charge >= 0.3 is 12.6 Å². The van der Waals surface area contributed by atoms with Crippen LogP contribution in [0.2, 0.25) is 0 Å². The Morgan fingerprint density at radius 3 is 2.67 bits per heavy atom. The Morgan fingerprint density at radius 1 is 1.56 bits per heavy atom. The minimum Gasteiger partial charge on any atom is -0.465 e. The van der Waals surface area contributed by atoms with Crippen molar-refractivity contribution >= 4 is 21.9 Å². The summed E-state index contributed by atoms with van der Waals surface area (Å²) >= 11 is 3.08. The van der Waals surface area contributed by atoms with E-state index in [1.807, 2.05) is 6.07 Å². The van der Waals surface area contributed by atoms with Gasteiger partial charge in [0.05, 0.1) is 24.3 Å². The van der Waals surface area contributed by atoms with Gasteiger partial charge in [0.15, 0.2) is 0 Å². The fourth-order valence-electron chi connectivity index (χ4n) is 1.32. The van der Waals surface area contributed by atoms with E-state index in [1.54, 1.807) is 0 Å². The van der Waals surface area contributed by atoms with Gasteiger partial charge in [0, 0.05) is 10.9 Å². The van der Waals surface area contributed by atoms with E-state index in [4.69, 9.17) is 5.26 Å². The van der Waals surface area contributed by atoms with Crippen molar-refractivity contribution in [2.75, 3.05) is 7.11 Å². The smallest absolute Gasteiger partial charge is 0.387 e. The molecule has 0 aliphatic rings. The van der Waals surface area contributed by atoms with Gasteiger partial charge in [0.25, 0.3) is 0 Å². The van der Waals surface area contributed by atoms with Gasteiger partial charge in [-0.25, -0.2) is 4.79 Å². The van der Waals surface area contributed by atoms with Crippen molar-refractivity contribution in [3.8, 4) is 11.8 Å². The number of benzene rings is 1. The molecule has 0 aliphatic carbocycles. The number of rotatable bonds is 4. The van der Waals surface area contributed by atoms with E-state index < -0.39 is 12.6 Å². The highest BCUT2D eigenvalue weighted by Crippen LogP contribution is 2.28.